The van der Waals surface area contributed by atoms with Crippen molar-refractivity contribution in [2.24, 2.45) is 5.89 Å². The number of hydrogen-bond acceptors (Lipinski definition) is 4. The summed E-state index contributed by atoms with van der Waals surface area (Å²) in [6, 6.07) is 0.000677. The Hall–Kier alpha value is -2.27. The fourth-order valence-corrected chi connectivity index (χ4v) is 2.45. The fraction of sp³-hybridized carbons (Fsp3) is 0.368. The molecule has 0 radical (unpaired) electrons. The second kappa shape index (κ2) is 6.69. The zero-order valence-corrected chi connectivity index (χ0v) is 12.5. The zero-order chi connectivity index (χ0) is 25.3. The number of hydrogen-bond donors (Lipinski definition) is 1. The molecule has 2 atom stereocenters. The molecule has 0 saturated carbocycles. The molecule has 0 bridgehead atoms. The van der Waals surface area contributed by atoms with Crippen molar-refractivity contribution in [3.63, 3.8) is 0 Å². The summed E-state index contributed by atoms with van der Waals surface area (Å²) in [5.74, 6) is -6.44. The molecule has 2 aromatic rings. The lowest BCUT2D eigenvalue weighted by molar-refractivity contribution is 0.173. The molecule has 4 nitrogen and oxygen atoms in total. The number of ether oxygens (including phenoxy) is 3. The van der Waals surface area contributed by atoms with E-state index in [-0.39, 0.29) is 30.2 Å². The van der Waals surface area contributed by atoms with Crippen LogP contribution in [0.15, 0.2) is 42.4 Å². The van der Waals surface area contributed by atoms with Gasteiger partial charge in [0.25, 0.3) is 0 Å². The van der Waals surface area contributed by atoms with Crippen LogP contribution in [0.1, 0.15) is 31.6 Å². The standard InChI is InChI=1S/C19H20FNO3/c20-15-3-1-13(2-4-15)17-7-8-21-10-14(17)11-22-16-5-6-18-19(9-16)24-12-23-18/h1-6,9,14,17,21H,7-8,10-12H2/t14?,17-/m0/s1/i1D,2D,3D,4D,11D2,12D2,14D,17D. The third kappa shape index (κ3) is 3.17. The van der Waals surface area contributed by atoms with Crippen LogP contribution in [0.4, 0.5) is 4.39 Å². The summed E-state index contributed by atoms with van der Waals surface area (Å²) in [6.45, 7) is -5.71. The third-order valence-corrected chi connectivity index (χ3v) is 3.62. The maximum absolute atomic E-state index is 14.1. The topological polar surface area (TPSA) is 39.7 Å². The van der Waals surface area contributed by atoms with Gasteiger partial charge in [-0.15, -0.1) is 0 Å². The summed E-state index contributed by atoms with van der Waals surface area (Å²) in [6.07, 6.45) is -0.275. The van der Waals surface area contributed by atoms with Gasteiger partial charge in [-0.3, -0.25) is 0 Å². The molecule has 5 heteroatoms. The summed E-state index contributed by atoms with van der Waals surface area (Å²) in [7, 11) is 0. The van der Waals surface area contributed by atoms with Gasteiger partial charge in [0.2, 0.25) is 6.75 Å². The third-order valence-electron chi connectivity index (χ3n) is 3.62. The number of nitrogens with one attached hydrogen (secondary N) is 1. The largest absolute Gasteiger partial charge is 0.493 e. The summed E-state index contributed by atoms with van der Waals surface area (Å²) < 4.78 is 112. The Kier molecular flexibility index (Phi) is 2.16. The molecule has 4 rings (SSSR count). The molecule has 1 N–H and O–H groups in total. The van der Waals surface area contributed by atoms with E-state index in [2.05, 4.69) is 5.32 Å². The molecule has 0 aliphatic carbocycles. The van der Waals surface area contributed by atoms with Gasteiger partial charge < -0.3 is 19.5 Å². The predicted molar refractivity (Wildman–Crippen MR) is 88.2 cm³/mol. The molecular weight excluding hydrogens is 309 g/mol. The summed E-state index contributed by atoms with van der Waals surface area (Å²) in [5.41, 5.74) is -0.591. The first-order chi connectivity index (χ1) is 15.6. The minimum atomic E-state index is -2.95. The van der Waals surface area contributed by atoms with Gasteiger partial charge in [0.05, 0.1) is 14.8 Å². The molecular formula is C19H20FNO3. The minimum absolute atomic E-state index is 0.0580. The Morgan fingerprint density at radius 3 is 3.04 bits per heavy atom. The van der Waals surface area contributed by atoms with Crippen LogP contribution in [0.25, 0.3) is 0 Å². The van der Waals surface area contributed by atoms with Gasteiger partial charge in [0, 0.05) is 21.2 Å². The normalized spacial score (nSPS) is 37.2. The Morgan fingerprint density at radius 2 is 2.17 bits per heavy atom. The molecule has 0 spiro atoms. The second-order valence-corrected chi connectivity index (χ2v) is 5.17. The van der Waals surface area contributed by atoms with Crippen molar-refractivity contribution >= 4 is 0 Å². The van der Waals surface area contributed by atoms with Crippen molar-refractivity contribution in [3.8, 4) is 17.2 Å². The van der Waals surface area contributed by atoms with Crippen molar-refractivity contribution in [2.45, 2.75) is 12.3 Å². The number of benzene rings is 2. The second-order valence-electron chi connectivity index (χ2n) is 5.17. The van der Waals surface area contributed by atoms with Crippen molar-refractivity contribution in [1.82, 2.24) is 5.32 Å². The highest BCUT2D eigenvalue weighted by atomic mass is 19.1. The number of halogens is 1. The Morgan fingerprint density at radius 1 is 1.33 bits per heavy atom. The van der Waals surface area contributed by atoms with Gasteiger partial charge in [0.1, 0.15) is 14.3 Å². The average molecular weight is 339 g/mol. The van der Waals surface area contributed by atoms with Crippen LogP contribution >= 0.6 is 0 Å². The molecule has 2 aromatic carbocycles. The van der Waals surface area contributed by atoms with E-state index in [4.69, 9.17) is 27.9 Å². The van der Waals surface area contributed by atoms with Crippen molar-refractivity contribution in [1.29, 1.82) is 0 Å². The van der Waals surface area contributed by atoms with E-state index in [1.807, 2.05) is 0 Å². The first kappa shape index (κ1) is 7.74. The molecule has 0 aromatic heterocycles. The highest BCUT2D eigenvalue weighted by Crippen LogP contribution is 2.36. The van der Waals surface area contributed by atoms with Gasteiger partial charge in [-0.05, 0) is 48.6 Å². The highest BCUT2D eigenvalue weighted by molar-refractivity contribution is 5.46. The molecule has 24 heavy (non-hydrogen) atoms. The molecule has 2 aliphatic heterocycles. The monoisotopic (exact) mass is 339 g/mol. The number of fused-ring (bicyclic) bond motifs is 1. The minimum Gasteiger partial charge on any atom is -0.493 e. The van der Waals surface area contributed by atoms with Gasteiger partial charge in [-0.25, -0.2) is 4.39 Å². The van der Waals surface area contributed by atoms with Gasteiger partial charge in [-0.1, -0.05) is 12.1 Å². The van der Waals surface area contributed by atoms with Crippen molar-refractivity contribution in [2.75, 3.05) is 26.4 Å². The van der Waals surface area contributed by atoms with E-state index >= 15 is 0 Å². The molecule has 1 unspecified atom stereocenters. The maximum atomic E-state index is 14.1. The Bertz CT molecular complexity index is 1140. The van der Waals surface area contributed by atoms with Crippen molar-refractivity contribution < 1.29 is 32.3 Å². The van der Waals surface area contributed by atoms with Gasteiger partial charge in [0.15, 0.2) is 11.5 Å². The first-order valence-electron chi connectivity index (χ1n) is 12.3. The van der Waals surface area contributed by atoms with Crippen LogP contribution in [0, 0.1) is 11.7 Å². The molecule has 1 saturated heterocycles. The smallest absolute Gasteiger partial charge is 0.231 e. The highest BCUT2D eigenvalue weighted by Gasteiger charge is 2.27. The predicted octanol–water partition coefficient (Wildman–Crippen LogP) is 3.33. The first-order valence-corrected chi connectivity index (χ1v) is 7.32. The van der Waals surface area contributed by atoms with Gasteiger partial charge in [-0.2, -0.15) is 0 Å². The quantitative estimate of drug-likeness (QED) is 0.927. The average Bonchev–Trinajstić information content (AvgIpc) is 3.06. The van der Waals surface area contributed by atoms with Gasteiger partial charge >= 0.3 is 0 Å². The molecule has 1 fully saturated rings. The van der Waals surface area contributed by atoms with E-state index < -0.39 is 67.2 Å². The van der Waals surface area contributed by atoms with E-state index in [9.17, 15) is 4.39 Å². The van der Waals surface area contributed by atoms with Crippen LogP contribution < -0.4 is 19.5 Å². The lowest BCUT2D eigenvalue weighted by Gasteiger charge is -2.32. The Balaban J connectivity index is 1.78. The van der Waals surface area contributed by atoms with Crippen LogP contribution in [0.2, 0.25) is 0 Å². The summed E-state index contributed by atoms with van der Waals surface area (Å²) in [5, 5.41) is 2.81. The molecule has 2 heterocycles. The molecule has 0 amide bonds. The van der Waals surface area contributed by atoms with E-state index in [1.165, 1.54) is 12.1 Å². The zero-order valence-electron chi connectivity index (χ0n) is 22.5. The summed E-state index contributed by atoms with van der Waals surface area (Å²) in [4.78, 5) is 0. The van der Waals surface area contributed by atoms with E-state index in [0.717, 1.165) is 6.07 Å². The van der Waals surface area contributed by atoms with Crippen molar-refractivity contribution in [3.05, 3.63) is 53.7 Å². The fourth-order valence-electron chi connectivity index (χ4n) is 2.45. The number of piperidine rings is 1. The van der Waals surface area contributed by atoms with Crippen LogP contribution in [0.3, 0.4) is 0 Å². The molecule has 126 valence electrons. The van der Waals surface area contributed by atoms with Crippen LogP contribution in [-0.4, -0.2) is 26.4 Å². The molecule has 2 aliphatic rings. The van der Waals surface area contributed by atoms with E-state index in [1.54, 1.807) is 0 Å². The van der Waals surface area contributed by atoms with Crippen LogP contribution in [-0.2, 0) is 0 Å². The Labute approximate surface area is 154 Å². The SMILES string of the molecule is [2H]c1c([2H])c([C@]2([2H])CCNCC2([2H])C([2H])([2H])Oc2ccc3c(c2)OC([2H])([2H])O3)c([2H])c([2H])c1F. The number of rotatable bonds is 4. The maximum Gasteiger partial charge on any atom is 0.231 e. The van der Waals surface area contributed by atoms with Crippen LogP contribution in [0.5, 0.6) is 17.2 Å². The summed E-state index contributed by atoms with van der Waals surface area (Å²) >= 11 is 0. The lowest BCUT2D eigenvalue weighted by atomic mass is 9.81. The van der Waals surface area contributed by atoms with E-state index in [0.29, 0.717) is 0 Å². The lowest BCUT2D eigenvalue weighted by Crippen LogP contribution is -2.38.